The van der Waals surface area contributed by atoms with E-state index in [9.17, 15) is 19.8 Å². The van der Waals surface area contributed by atoms with Crippen LogP contribution in [0, 0.1) is 6.92 Å². The fraction of sp³-hybridized carbons (Fsp3) is 0.136. The van der Waals surface area contributed by atoms with Gasteiger partial charge in [-0.3, -0.25) is 14.6 Å². The van der Waals surface area contributed by atoms with Gasteiger partial charge < -0.3 is 20.1 Å². The Hall–Kier alpha value is -3.71. The summed E-state index contributed by atoms with van der Waals surface area (Å²) >= 11 is 0. The molecule has 0 fully saturated rings. The summed E-state index contributed by atoms with van der Waals surface area (Å²) in [5, 5.41) is 23.3. The minimum atomic E-state index is -0.557. The van der Waals surface area contributed by atoms with Gasteiger partial charge in [-0.1, -0.05) is 17.7 Å². The summed E-state index contributed by atoms with van der Waals surface area (Å²) < 4.78 is 1.64. The zero-order valence-electron chi connectivity index (χ0n) is 15.7. The molecule has 0 saturated heterocycles. The molecule has 7 heteroatoms. The van der Waals surface area contributed by atoms with E-state index in [0.717, 1.165) is 5.56 Å². The van der Waals surface area contributed by atoms with Gasteiger partial charge in [-0.2, -0.15) is 0 Å². The number of phenolic OH excluding ortho intramolecular Hbond substituents is 1. The van der Waals surface area contributed by atoms with Gasteiger partial charge in [0.1, 0.15) is 16.8 Å². The second kappa shape index (κ2) is 7.37. The highest BCUT2D eigenvalue weighted by atomic mass is 16.3. The van der Waals surface area contributed by atoms with E-state index < -0.39 is 11.3 Å². The van der Waals surface area contributed by atoms with Gasteiger partial charge in [0, 0.05) is 30.0 Å². The Morgan fingerprint density at radius 3 is 2.66 bits per heavy atom. The van der Waals surface area contributed by atoms with Crippen molar-refractivity contribution in [2.24, 2.45) is 0 Å². The van der Waals surface area contributed by atoms with Crippen molar-refractivity contribution < 1.29 is 15.0 Å². The minimum Gasteiger partial charge on any atom is -0.506 e. The van der Waals surface area contributed by atoms with Crippen molar-refractivity contribution >= 4 is 33.4 Å². The number of amides is 1. The van der Waals surface area contributed by atoms with Crippen LogP contribution in [0.1, 0.15) is 15.9 Å². The number of phenols is 1. The number of benzene rings is 2. The zero-order valence-corrected chi connectivity index (χ0v) is 15.7. The first kappa shape index (κ1) is 18.6. The van der Waals surface area contributed by atoms with E-state index in [1.54, 1.807) is 35.0 Å². The molecule has 0 spiro atoms. The molecule has 146 valence electrons. The van der Waals surface area contributed by atoms with Crippen LogP contribution >= 0.6 is 0 Å². The van der Waals surface area contributed by atoms with Crippen LogP contribution in [0.5, 0.6) is 5.75 Å². The van der Waals surface area contributed by atoms with E-state index in [1.807, 2.05) is 19.1 Å². The number of anilines is 1. The molecule has 0 unspecified atom stereocenters. The highest BCUT2D eigenvalue weighted by molar-refractivity contribution is 6.10. The Labute approximate surface area is 165 Å². The molecular formula is C22H19N3O4. The summed E-state index contributed by atoms with van der Waals surface area (Å²) in [6, 6.07) is 12.0. The third-order valence-corrected chi connectivity index (χ3v) is 4.80. The predicted molar refractivity (Wildman–Crippen MR) is 111 cm³/mol. The molecule has 29 heavy (non-hydrogen) atoms. The SMILES string of the molecule is Cc1ccc(NC(=O)c2cn(CCO)c3c(cc(O)c4ncccc43)c2=O)cc1. The first-order chi connectivity index (χ1) is 14.0. The lowest BCUT2D eigenvalue weighted by atomic mass is 10.1. The number of nitrogens with zero attached hydrogens (tertiary/aromatic N) is 2. The van der Waals surface area contributed by atoms with E-state index in [1.165, 1.54) is 12.3 Å². The topological polar surface area (TPSA) is 104 Å². The maximum absolute atomic E-state index is 13.1. The number of pyridine rings is 2. The van der Waals surface area contributed by atoms with Gasteiger partial charge in [-0.15, -0.1) is 0 Å². The highest BCUT2D eigenvalue weighted by Crippen LogP contribution is 2.30. The second-order valence-corrected chi connectivity index (χ2v) is 6.80. The molecule has 1 amide bonds. The molecule has 0 bridgehead atoms. The number of aliphatic hydroxyl groups excluding tert-OH is 1. The smallest absolute Gasteiger partial charge is 0.261 e. The number of aryl methyl sites for hydroxylation is 1. The van der Waals surface area contributed by atoms with Gasteiger partial charge >= 0.3 is 0 Å². The van der Waals surface area contributed by atoms with Crippen LogP contribution in [0.25, 0.3) is 21.8 Å². The van der Waals surface area contributed by atoms with Gasteiger partial charge in [0.05, 0.1) is 17.5 Å². The molecule has 7 nitrogen and oxygen atoms in total. The second-order valence-electron chi connectivity index (χ2n) is 6.80. The number of carbonyl (C=O) groups excluding carboxylic acids is 1. The first-order valence-electron chi connectivity index (χ1n) is 9.12. The standard InChI is InChI=1S/C22H19N3O4/c1-13-4-6-14(7-5-13)24-22(29)17-12-25(9-10-26)20-15-3-2-8-23-19(15)18(27)11-16(20)21(17)28/h2-8,11-12,26-27H,9-10H2,1H3,(H,24,29). The normalized spacial score (nSPS) is 11.1. The monoisotopic (exact) mass is 389 g/mol. The van der Waals surface area contributed by atoms with Gasteiger partial charge in [-0.05, 0) is 37.3 Å². The van der Waals surface area contributed by atoms with E-state index in [2.05, 4.69) is 10.3 Å². The number of carbonyl (C=O) groups is 1. The number of fused-ring (bicyclic) bond motifs is 3. The molecule has 4 aromatic rings. The number of nitrogens with one attached hydrogen (secondary N) is 1. The summed E-state index contributed by atoms with van der Waals surface area (Å²) in [4.78, 5) is 30.1. The summed E-state index contributed by atoms with van der Waals surface area (Å²) in [5.74, 6) is -0.699. The van der Waals surface area contributed by atoms with Crippen molar-refractivity contribution in [3.05, 3.63) is 76.2 Å². The molecular weight excluding hydrogens is 370 g/mol. The summed E-state index contributed by atoms with van der Waals surface area (Å²) in [7, 11) is 0. The van der Waals surface area contributed by atoms with Crippen LogP contribution in [0.15, 0.2) is 59.7 Å². The number of hydrogen-bond donors (Lipinski definition) is 3. The molecule has 2 aromatic carbocycles. The third-order valence-electron chi connectivity index (χ3n) is 4.80. The van der Waals surface area contributed by atoms with E-state index in [4.69, 9.17) is 0 Å². The number of aromatic hydroxyl groups is 1. The Morgan fingerprint density at radius 1 is 1.17 bits per heavy atom. The molecule has 0 aliphatic heterocycles. The van der Waals surface area contributed by atoms with Gasteiger partial charge in [0.2, 0.25) is 5.43 Å². The average Bonchev–Trinajstić information content (AvgIpc) is 2.72. The molecule has 0 saturated carbocycles. The first-order valence-corrected chi connectivity index (χ1v) is 9.12. The largest absolute Gasteiger partial charge is 0.506 e. The van der Waals surface area contributed by atoms with Crippen molar-refractivity contribution in [3.8, 4) is 5.75 Å². The molecule has 0 aliphatic rings. The summed E-state index contributed by atoms with van der Waals surface area (Å²) in [6.07, 6.45) is 2.99. The number of aliphatic hydroxyl groups is 1. The van der Waals surface area contributed by atoms with E-state index >= 15 is 0 Å². The van der Waals surface area contributed by atoms with Crippen molar-refractivity contribution in [2.75, 3.05) is 11.9 Å². The molecule has 2 aromatic heterocycles. The van der Waals surface area contributed by atoms with Gasteiger partial charge in [0.25, 0.3) is 5.91 Å². The zero-order chi connectivity index (χ0) is 20.5. The quantitative estimate of drug-likeness (QED) is 0.466. The van der Waals surface area contributed by atoms with E-state index in [-0.39, 0.29) is 29.9 Å². The van der Waals surface area contributed by atoms with Crippen LogP contribution < -0.4 is 10.7 Å². The fourth-order valence-corrected chi connectivity index (χ4v) is 3.41. The van der Waals surface area contributed by atoms with Crippen LogP contribution in [-0.4, -0.2) is 32.3 Å². The minimum absolute atomic E-state index is 0.0748. The van der Waals surface area contributed by atoms with Crippen molar-refractivity contribution in [1.82, 2.24) is 9.55 Å². The summed E-state index contributed by atoms with van der Waals surface area (Å²) in [6.45, 7) is 1.93. The number of aromatic nitrogens is 2. The maximum atomic E-state index is 13.1. The van der Waals surface area contributed by atoms with Crippen LogP contribution in [0.3, 0.4) is 0 Å². The van der Waals surface area contributed by atoms with Gasteiger partial charge in [-0.25, -0.2) is 0 Å². The summed E-state index contributed by atoms with van der Waals surface area (Å²) in [5.41, 5.74) is 1.91. The van der Waals surface area contributed by atoms with E-state index in [0.29, 0.717) is 22.1 Å². The molecule has 3 N–H and O–H groups in total. The lowest BCUT2D eigenvalue weighted by Crippen LogP contribution is -2.24. The number of hydrogen-bond acceptors (Lipinski definition) is 5. The highest BCUT2D eigenvalue weighted by Gasteiger charge is 2.19. The van der Waals surface area contributed by atoms with Crippen LogP contribution in [0.4, 0.5) is 5.69 Å². The Kier molecular flexibility index (Phi) is 4.74. The molecule has 0 aliphatic carbocycles. The van der Waals surface area contributed by atoms with Crippen molar-refractivity contribution in [3.63, 3.8) is 0 Å². The van der Waals surface area contributed by atoms with Gasteiger partial charge in [0.15, 0.2) is 0 Å². The number of rotatable bonds is 4. The van der Waals surface area contributed by atoms with Crippen molar-refractivity contribution in [2.45, 2.75) is 13.5 Å². The molecule has 0 radical (unpaired) electrons. The Balaban J connectivity index is 1.92. The van der Waals surface area contributed by atoms with Crippen LogP contribution in [-0.2, 0) is 6.54 Å². The maximum Gasteiger partial charge on any atom is 0.261 e. The Bertz CT molecular complexity index is 1290. The third kappa shape index (κ3) is 3.32. The lowest BCUT2D eigenvalue weighted by molar-refractivity contribution is 0.102. The molecule has 2 heterocycles. The molecule has 0 atom stereocenters. The lowest BCUT2D eigenvalue weighted by Gasteiger charge is -2.15. The van der Waals surface area contributed by atoms with Crippen molar-refractivity contribution in [1.29, 1.82) is 0 Å². The average molecular weight is 389 g/mol. The Morgan fingerprint density at radius 2 is 1.93 bits per heavy atom. The van der Waals surface area contributed by atoms with Crippen LogP contribution in [0.2, 0.25) is 0 Å². The molecule has 4 rings (SSSR count). The predicted octanol–water partition coefficient (Wildman–Crippen LogP) is 2.81. The fourth-order valence-electron chi connectivity index (χ4n) is 3.41.